The first-order valence-electron chi connectivity index (χ1n) is 7.13. The number of aliphatic hydroxyl groups is 1. The predicted molar refractivity (Wildman–Crippen MR) is 77.5 cm³/mol. The van der Waals surface area contributed by atoms with Crippen molar-refractivity contribution in [3.05, 3.63) is 35.4 Å². The number of hydrogen-bond acceptors (Lipinski definition) is 4. The van der Waals surface area contributed by atoms with Gasteiger partial charge in [-0.05, 0) is 44.4 Å². The predicted octanol–water partition coefficient (Wildman–Crippen LogP) is 2.21. The first-order valence-corrected chi connectivity index (χ1v) is 7.13. The minimum absolute atomic E-state index is 0.289. The zero-order valence-electron chi connectivity index (χ0n) is 12.3. The highest BCUT2D eigenvalue weighted by Crippen LogP contribution is 2.23. The SMILES string of the molecule is COC(=O)c1ccccc1CN1CCCC(C)(O)CC1. The Balaban J connectivity index is 2.08. The monoisotopic (exact) mass is 277 g/mol. The summed E-state index contributed by atoms with van der Waals surface area (Å²) in [5.74, 6) is -0.289. The van der Waals surface area contributed by atoms with Crippen molar-refractivity contribution >= 4 is 5.97 Å². The maximum atomic E-state index is 11.8. The van der Waals surface area contributed by atoms with Crippen LogP contribution in [0, 0.1) is 0 Å². The van der Waals surface area contributed by atoms with Crippen molar-refractivity contribution in [1.82, 2.24) is 4.90 Å². The summed E-state index contributed by atoms with van der Waals surface area (Å²) >= 11 is 0. The summed E-state index contributed by atoms with van der Waals surface area (Å²) in [7, 11) is 1.41. The van der Waals surface area contributed by atoms with Crippen LogP contribution in [-0.4, -0.2) is 41.8 Å². The van der Waals surface area contributed by atoms with E-state index in [2.05, 4.69) is 4.90 Å². The van der Waals surface area contributed by atoms with Crippen molar-refractivity contribution in [3.8, 4) is 0 Å². The van der Waals surface area contributed by atoms with Gasteiger partial charge in [0.25, 0.3) is 0 Å². The average Bonchev–Trinajstić information content (AvgIpc) is 2.60. The lowest BCUT2D eigenvalue weighted by Gasteiger charge is -2.23. The number of benzene rings is 1. The highest BCUT2D eigenvalue weighted by Gasteiger charge is 2.25. The summed E-state index contributed by atoms with van der Waals surface area (Å²) in [6.45, 7) is 4.43. The average molecular weight is 277 g/mol. The lowest BCUT2D eigenvalue weighted by molar-refractivity contribution is 0.0442. The third-order valence-corrected chi connectivity index (χ3v) is 3.97. The molecule has 0 aliphatic carbocycles. The van der Waals surface area contributed by atoms with Crippen LogP contribution in [0.15, 0.2) is 24.3 Å². The standard InChI is InChI=1S/C16H23NO3/c1-16(19)8-5-10-17(11-9-16)12-13-6-3-4-7-14(13)15(18)20-2/h3-4,6-7,19H,5,8-12H2,1-2H3. The third kappa shape index (κ3) is 3.81. The molecule has 1 aromatic rings. The molecule has 0 saturated carbocycles. The van der Waals surface area contributed by atoms with Crippen molar-refractivity contribution < 1.29 is 14.6 Å². The minimum atomic E-state index is -0.559. The zero-order valence-corrected chi connectivity index (χ0v) is 12.3. The van der Waals surface area contributed by atoms with E-state index in [4.69, 9.17) is 4.74 Å². The Bertz CT molecular complexity index is 471. The molecule has 20 heavy (non-hydrogen) atoms. The molecular weight excluding hydrogens is 254 g/mol. The summed E-state index contributed by atoms with van der Waals surface area (Å²) in [5.41, 5.74) is 1.06. The highest BCUT2D eigenvalue weighted by molar-refractivity contribution is 5.90. The van der Waals surface area contributed by atoms with E-state index in [0.717, 1.165) is 44.5 Å². The topological polar surface area (TPSA) is 49.8 Å². The van der Waals surface area contributed by atoms with E-state index in [1.54, 1.807) is 6.07 Å². The smallest absolute Gasteiger partial charge is 0.338 e. The Kier molecular flexibility index (Phi) is 4.78. The molecule has 1 saturated heterocycles. The van der Waals surface area contributed by atoms with Crippen LogP contribution in [0.2, 0.25) is 0 Å². The maximum absolute atomic E-state index is 11.8. The normalized spacial score (nSPS) is 24.1. The minimum Gasteiger partial charge on any atom is -0.465 e. The largest absolute Gasteiger partial charge is 0.465 e. The number of likely N-dealkylation sites (tertiary alicyclic amines) is 1. The van der Waals surface area contributed by atoms with Crippen LogP contribution in [0.25, 0.3) is 0 Å². The van der Waals surface area contributed by atoms with Crippen molar-refractivity contribution in [2.75, 3.05) is 20.2 Å². The van der Waals surface area contributed by atoms with Crippen LogP contribution in [0.3, 0.4) is 0 Å². The molecule has 0 bridgehead atoms. The number of carbonyl (C=O) groups excluding carboxylic acids is 1. The molecule has 1 N–H and O–H groups in total. The maximum Gasteiger partial charge on any atom is 0.338 e. The molecule has 4 nitrogen and oxygen atoms in total. The molecule has 0 aromatic heterocycles. The highest BCUT2D eigenvalue weighted by atomic mass is 16.5. The van der Waals surface area contributed by atoms with Crippen molar-refractivity contribution in [2.24, 2.45) is 0 Å². The van der Waals surface area contributed by atoms with E-state index in [0.29, 0.717) is 5.56 Å². The molecule has 1 heterocycles. The quantitative estimate of drug-likeness (QED) is 0.861. The molecule has 110 valence electrons. The lowest BCUT2D eigenvalue weighted by Crippen LogP contribution is -2.28. The summed E-state index contributed by atoms with van der Waals surface area (Å²) in [6.07, 6.45) is 2.59. The molecule has 4 heteroatoms. The Hall–Kier alpha value is -1.39. The third-order valence-electron chi connectivity index (χ3n) is 3.97. The van der Waals surface area contributed by atoms with Gasteiger partial charge in [0.2, 0.25) is 0 Å². The molecule has 2 rings (SSSR count). The number of hydrogen-bond donors (Lipinski definition) is 1. The fraction of sp³-hybridized carbons (Fsp3) is 0.562. The summed E-state index contributed by atoms with van der Waals surface area (Å²) in [4.78, 5) is 14.1. The number of ether oxygens (including phenoxy) is 1. The second-order valence-electron chi connectivity index (χ2n) is 5.78. The Morgan fingerprint density at radius 2 is 2.10 bits per heavy atom. The lowest BCUT2D eigenvalue weighted by atomic mass is 9.98. The van der Waals surface area contributed by atoms with Crippen LogP contribution in [0.4, 0.5) is 0 Å². The zero-order chi connectivity index (χ0) is 14.6. The van der Waals surface area contributed by atoms with Crippen LogP contribution < -0.4 is 0 Å². The first kappa shape index (κ1) is 15.0. The molecule has 1 aliphatic rings. The van der Waals surface area contributed by atoms with Gasteiger partial charge in [-0.2, -0.15) is 0 Å². The van der Waals surface area contributed by atoms with Crippen LogP contribution in [0.1, 0.15) is 42.1 Å². The molecule has 0 amide bonds. The fourth-order valence-electron chi connectivity index (χ4n) is 2.69. The van der Waals surface area contributed by atoms with Crippen molar-refractivity contribution in [2.45, 2.75) is 38.3 Å². The number of nitrogens with zero attached hydrogens (tertiary/aromatic N) is 1. The Labute approximate surface area is 120 Å². The van der Waals surface area contributed by atoms with E-state index < -0.39 is 5.60 Å². The van der Waals surface area contributed by atoms with Crippen molar-refractivity contribution in [3.63, 3.8) is 0 Å². The van der Waals surface area contributed by atoms with Gasteiger partial charge >= 0.3 is 5.97 Å². The van der Waals surface area contributed by atoms with E-state index in [9.17, 15) is 9.90 Å². The summed E-state index contributed by atoms with van der Waals surface area (Å²) in [5, 5.41) is 10.1. The number of rotatable bonds is 3. The molecule has 1 fully saturated rings. The van der Waals surface area contributed by atoms with Crippen molar-refractivity contribution in [1.29, 1.82) is 0 Å². The number of methoxy groups -OCH3 is 1. The molecule has 1 unspecified atom stereocenters. The van der Waals surface area contributed by atoms with Gasteiger partial charge in [0.15, 0.2) is 0 Å². The van der Waals surface area contributed by atoms with E-state index in [-0.39, 0.29) is 5.97 Å². The van der Waals surface area contributed by atoms with Crippen LogP contribution >= 0.6 is 0 Å². The molecular formula is C16H23NO3. The first-order chi connectivity index (χ1) is 9.52. The number of esters is 1. The number of carbonyl (C=O) groups is 1. The van der Waals surface area contributed by atoms with Gasteiger partial charge in [0.05, 0.1) is 18.3 Å². The second kappa shape index (κ2) is 6.37. The summed E-state index contributed by atoms with van der Waals surface area (Å²) in [6, 6.07) is 7.56. The van der Waals surface area contributed by atoms with Gasteiger partial charge in [0, 0.05) is 13.1 Å². The summed E-state index contributed by atoms with van der Waals surface area (Å²) < 4.78 is 4.83. The molecule has 1 atom stereocenters. The Morgan fingerprint density at radius 1 is 1.35 bits per heavy atom. The molecule has 0 spiro atoms. The van der Waals surface area contributed by atoms with Gasteiger partial charge < -0.3 is 9.84 Å². The van der Waals surface area contributed by atoms with Gasteiger partial charge in [-0.15, -0.1) is 0 Å². The van der Waals surface area contributed by atoms with Crippen LogP contribution in [-0.2, 0) is 11.3 Å². The van der Waals surface area contributed by atoms with Gasteiger partial charge in [0.1, 0.15) is 0 Å². The second-order valence-corrected chi connectivity index (χ2v) is 5.78. The Morgan fingerprint density at radius 3 is 2.85 bits per heavy atom. The molecule has 1 aromatic carbocycles. The fourth-order valence-corrected chi connectivity index (χ4v) is 2.69. The van der Waals surface area contributed by atoms with Gasteiger partial charge in [-0.3, -0.25) is 4.90 Å². The van der Waals surface area contributed by atoms with E-state index in [1.165, 1.54) is 7.11 Å². The van der Waals surface area contributed by atoms with E-state index >= 15 is 0 Å². The molecule has 1 aliphatic heterocycles. The van der Waals surface area contributed by atoms with E-state index in [1.807, 2.05) is 25.1 Å². The van der Waals surface area contributed by atoms with Crippen LogP contribution in [0.5, 0.6) is 0 Å². The van der Waals surface area contributed by atoms with Gasteiger partial charge in [-0.25, -0.2) is 4.79 Å². The van der Waals surface area contributed by atoms with Gasteiger partial charge in [-0.1, -0.05) is 18.2 Å². The molecule has 0 radical (unpaired) electrons.